The molecule has 1 rings (SSSR count). The summed E-state index contributed by atoms with van der Waals surface area (Å²) >= 11 is 0. The Bertz CT molecular complexity index is 284. The van der Waals surface area contributed by atoms with Crippen molar-refractivity contribution in [3.05, 3.63) is 35.4 Å². The number of aliphatic hydroxyl groups is 1. The molecule has 0 fully saturated rings. The van der Waals surface area contributed by atoms with E-state index in [2.05, 4.69) is 0 Å². The zero-order valence-corrected chi connectivity index (χ0v) is 8.92. The smallest absolute Gasteiger partial charge is 0.114 e. The van der Waals surface area contributed by atoms with Crippen molar-refractivity contribution in [1.82, 2.24) is 0 Å². The Labute approximate surface area is 84.6 Å². The van der Waals surface area contributed by atoms with Gasteiger partial charge in [0.25, 0.3) is 0 Å². The summed E-state index contributed by atoms with van der Waals surface area (Å²) in [4.78, 5) is 0. The van der Waals surface area contributed by atoms with Crippen LogP contribution < -0.4 is 0 Å². The highest BCUT2D eigenvalue weighted by Crippen LogP contribution is 2.30. The number of rotatable bonds is 3. The molecule has 1 N–H and O–H groups in total. The zero-order chi connectivity index (χ0) is 10.8. The number of halogens is 1. The van der Waals surface area contributed by atoms with E-state index < -0.39 is 11.6 Å². The normalized spacial score (nSPS) is 14.1. The molecule has 1 aromatic rings. The van der Waals surface area contributed by atoms with Crippen molar-refractivity contribution >= 4 is 0 Å². The van der Waals surface area contributed by atoms with Gasteiger partial charge in [0.15, 0.2) is 0 Å². The Morgan fingerprint density at radius 3 is 2.14 bits per heavy atom. The van der Waals surface area contributed by atoms with Gasteiger partial charge in [-0.1, -0.05) is 29.8 Å². The van der Waals surface area contributed by atoms with Crippen molar-refractivity contribution in [1.29, 1.82) is 0 Å². The van der Waals surface area contributed by atoms with Gasteiger partial charge in [-0.25, -0.2) is 4.39 Å². The standard InChI is InChI=1S/C12H17FO/c1-9-4-6-10(7-5-9)11(8-14)12(2,3)13/h4-7,11,14H,8H2,1-3H3. The van der Waals surface area contributed by atoms with Crippen LogP contribution in [0.4, 0.5) is 4.39 Å². The van der Waals surface area contributed by atoms with Crippen LogP contribution in [0.5, 0.6) is 0 Å². The van der Waals surface area contributed by atoms with Crippen LogP contribution in [0.15, 0.2) is 24.3 Å². The first-order valence-electron chi connectivity index (χ1n) is 4.81. The molecule has 0 heterocycles. The summed E-state index contributed by atoms with van der Waals surface area (Å²) in [5.41, 5.74) is 0.608. The average Bonchev–Trinajstić information content (AvgIpc) is 2.07. The summed E-state index contributed by atoms with van der Waals surface area (Å²) in [7, 11) is 0. The minimum atomic E-state index is -1.38. The fraction of sp³-hybridized carbons (Fsp3) is 0.500. The number of hydrogen-bond acceptors (Lipinski definition) is 1. The third-order valence-electron chi connectivity index (χ3n) is 2.49. The fourth-order valence-electron chi connectivity index (χ4n) is 1.52. The molecule has 2 heteroatoms. The van der Waals surface area contributed by atoms with Crippen LogP contribution in [-0.2, 0) is 0 Å². The molecule has 78 valence electrons. The van der Waals surface area contributed by atoms with Crippen LogP contribution in [0.2, 0.25) is 0 Å². The van der Waals surface area contributed by atoms with E-state index in [1.165, 1.54) is 13.8 Å². The number of hydrogen-bond donors (Lipinski definition) is 1. The highest BCUT2D eigenvalue weighted by atomic mass is 19.1. The lowest BCUT2D eigenvalue weighted by Gasteiger charge is -2.25. The summed E-state index contributed by atoms with van der Waals surface area (Å²) in [6.07, 6.45) is 0. The maximum Gasteiger partial charge on any atom is 0.114 e. The van der Waals surface area contributed by atoms with E-state index in [1.54, 1.807) is 0 Å². The van der Waals surface area contributed by atoms with Gasteiger partial charge in [0.05, 0.1) is 6.61 Å². The number of aliphatic hydroxyl groups excluding tert-OH is 1. The zero-order valence-electron chi connectivity index (χ0n) is 8.92. The van der Waals surface area contributed by atoms with Crippen molar-refractivity contribution in [3.8, 4) is 0 Å². The summed E-state index contributed by atoms with van der Waals surface area (Å²) in [5.74, 6) is -0.442. The number of alkyl halides is 1. The first-order valence-corrected chi connectivity index (χ1v) is 4.81. The van der Waals surface area contributed by atoms with Crippen molar-refractivity contribution in [3.63, 3.8) is 0 Å². The van der Waals surface area contributed by atoms with Gasteiger partial charge in [0.2, 0.25) is 0 Å². The SMILES string of the molecule is Cc1ccc(C(CO)C(C)(C)F)cc1. The van der Waals surface area contributed by atoms with Crippen molar-refractivity contribution < 1.29 is 9.50 Å². The lowest BCUT2D eigenvalue weighted by atomic mass is 9.86. The molecular weight excluding hydrogens is 179 g/mol. The van der Waals surface area contributed by atoms with Crippen LogP contribution in [0, 0.1) is 6.92 Å². The third kappa shape index (κ3) is 2.55. The van der Waals surface area contributed by atoms with E-state index >= 15 is 0 Å². The second-order valence-corrected chi connectivity index (χ2v) is 4.21. The average molecular weight is 196 g/mol. The molecule has 14 heavy (non-hydrogen) atoms. The van der Waals surface area contributed by atoms with E-state index in [0.29, 0.717) is 0 Å². The second-order valence-electron chi connectivity index (χ2n) is 4.21. The highest BCUT2D eigenvalue weighted by Gasteiger charge is 2.29. The van der Waals surface area contributed by atoms with Crippen LogP contribution in [0.1, 0.15) is 30.9 Å². The Kier molecular flexibility index (Phi) is 3.27. The molecule has 0 bridgehead atoms. The molecule has 1 atom stereocenters. The minimum Gasteiger partial charge on any atom is -0.396 e. The summed E-state index contributed by atoms with van der Waals surface area (Å²) < 4.78 is 13.7. The molecule has 1 unspecified atom stereocenters. The van der Waals surface area contributed by atoms with Crippen LogP contribution >= 0.6 is 0 Å². The quantitative estimate of drug-likeness (QED) is 0.788. The molecule has 0 saturated carbocycles. The molecule has 1 nitrogen and oxygen atoms in total. The minimum absolute atomic E-state index is 0.160. The van der Waals surface area contributed by atoms with E-state index in [1.807, 2.05) is 31.2 Å². The molecule has 0 aliphatic heterocycles. The summed E-state index contributed by atoms with van der Waals surface area (Å²) in [6.45, 7) is 4.81. The highest BCUT2D eigenvalue weighted by molar-refractivity contribution is 5.26. The molecule has 1 aromatic carbocycles. The van der Waals surface area contributed by atoms with Gasteiger partial charge in [-0.05, 0) is 26.3 Å². The number of aryl methyl sites for hydroxylation is 1. The first-order chi connectivity index (χ1) is 6.45. The van der Waals surface area contributed by atoms with Gasteiger partial charge in [-0.3, -0.25) is 0 Å². The molecule has 0 spiro atoms. The Balaban J connectivity index is 2.96. The lowest BCUT2D eigenvalue weighted by molar-refractivity contribution is 0.119. The topological polar surface area (TPSA) is 20.2 Å². The molecule has 0 aliphatic carbocycles. The van der Waals surface area contributed by atoms with Crippen molar-refractivity contribution in [2.75, 3.05) is 6.61 Å². The van der Waals surface area contributed by atoms with Gasteiger partial charge >= 0.3 is 0 Å². The van der Waals surface area contributed by atoms with Crippen molar-refractivity contribution in [2.45, 2.75) is 32.4 Å². The lowest BCUT2D eigenvalue weighted by Crippen LogP contribution is -2.26. The van der Waals surface area contributed by atoms with E-state index in [4.69, 9.17) is 5.11 Å². The van der Waals surface area contributed by atoms with Gasteiger partial charge in [-0.15, -0.1) is 0 Å². The van der Waals surface area contributed by atoms with Crippen LogP contribution in [0.3, 0.4) is 0 Å². The fourth-order valence-corrected chi connectivity index (χ4v) is 1.52. The maximum atomic E-state index is 13.7. The molecular formula is C12H17FO. The summed E-state index contributed by atoms with van der Waals surface area (Å²) in [5, 5.41) is 9.14. The predicted octanol–water partition coefficient (Wildman–Crippen LogP) is 2.82. The molecule has 0 saturated heterocycles. The molecule has 0 amide bonds. The molecule has 0 aliphatic rings. The van der Waals surface area contributed by atoms with Crippen molar-refractivity contribution in [2.24, 2.45) is 0 Å². The van der Waals surface area contributed by atoms with Gasteiger partial charge in [0, 0.05) is 5.92 Å². The summed E-state index contributed by atoms with van der Waals surface area (Å²) in [6, 6.07) is 7.61. The molecule has 0 aromatic heterocycles. The van der Waals surface area contributed by atoms with E-state index in [-0.39, 0.29) is 6.61 Å². The largest absolute Gasteiger partial charge is 0.396 e. The predicted molar refractivity (Wildman–Crippen MR) is 56.2 cm³/mol. The number of benzene rings is 1. The Hall–Kier alpha value is -0.890. The van der Waals surface area contributed by atoms with Crippen LogP contribution in [-0.4, -0.2) is 17.4 Å². The third-order valence-corrected chi connectivity index (χ3v) is 2.49. The first kappa shape index (κ1) is 11.2. The van der Waals surface area contributed by atoms with Gasteiger partial charge in [-0.2, -0.15) is 0 Å². The Morgan fingerprint density at radius 2 is 1.79 bits per heavy atom. The van der Waals surface area contributed by atoms with Crippen LogP contribution in [0.25, 0.3) is 0 Å². The molecule has 0 radical (unpaired) electrons. The van der Waals surface area contributed by atoms with E-state index in [9.17, 15) is 4.39 Å². The maximum absolute atomic E-state index is 13.7. The monoisotopic (exact) mass is 196 g/mol. The Morgan fingerprint density at radius 1 is 1.29 bits per heavy atom. The second kappa shape index (κ2) is 4.09. The van der Waals surface area contributed by atoms with Gasteiger partial charge < -0.3 is 5.11 Å². The van der Waals surface area contributed by atoms with Gasteiger partial charge in [0.1, 0.15) is 5.67 Å². The van der Waals surface area contributed by atoms with E-state index in [0.717, 1.165) is 11.1 Å².